The number of ether oxygens (including phenoxy) is 1. The number of nitrogens with one attached hydrogen (secondary N) is 2. The Morgan fingerprint density at radius 2 is 1.48 bits per heavy atom. The van der Waals surface area contributed by atoms with Crippen molar-refractivity contribution in [3.05, 3.63) is 90.5 Å². The predicted molar refractivity (Wildman–Crippen MR) is 112 cm³/mol. The highest BCUT2D eigenvalue weighted by molar-refractivity contribution is 7.89. The summed E-state index contributed by atoms with van der Waals surface area (Å²) >= 11 is 0. The first-order valence-electron chi connectivity index (χ1n) is 9.09. The van der Waals surface area contributed by atoms with E-state index in [1.165, 1.54) is 24.3 Å². The first-order chi connectivity index (χ1) is 13.9. The highest BCUT2D eigenvalue weighted by atomic mass is 32.2. The molecular formula is C22H22N2O4S. The number of carbonyl (C=O) groups excluding carboxylic acids is 1. The van der Waals surface area contributed by atoms with Crippen molar-refractivity contribution in [1.82, 2.24) is 4.72 Å². The number of carbonyl (C=O) groups is 1. The highest BCUT2D eigenvalue weighted by Crippen LogP contribution is 2.19. The maximum absolute atomic E-state index is 12.6. The minimum atomic E-state index is -3.68. The summed E-state index contributed by atoms with van der Waals surface area (Å²) in [6.07, 6.45) is 0. The van der Waals surface area contributed by atoms with Crippen LogP contribution in [0.1, 0.15) is 18.5 Å². The van der Waals surface area contributed by atoms with Gasteiger partial charge in [0.1, 0.15) is 5.75 Å². The SMILES string of the molecule is C[C@@H](NS(=O)(=O)c1ccc(OCC(=O)Nc2ccccc2)cc1)c1ccccc1. The molecule has 0 saturated heterocycles. The molecular weight excluding hydrogens is 388 g/mol. The lowest BCUT2D eigenvalue weighted by Crippen LogP contribution is -2.26. The lowest BCUT2D eigenvalue weighted by molar-refractivity contribution is -0.118. The number of hydrogen-bond acceptors (Lipinski definition) is 4. The molecule has 1 atom stereocenters. The Labute approximate surface area is 170 Å². The van der Waals surface area contributed by atoms with Crippen LogP contribution < -0.4 is 14.8 Å². The normalized spacial score (nSPS) is 12.2. The predicted octanol–water partition coefficient (Wildman–Crippen LogP) is 3.74. The molecule has 0 aromatic heterocycles. The fourth-order valence-electron chi connectivity index (χ4n) is 2.69. The molecule has 0 spiro atoms. The summed E-state index contributed by atoms with van der Waals surface area (Å²) in [7, 11) is -3.68. The summed E-state index contributed by atoms with van der Waals surface area (Å²) < 4.78 is 33.2. The van der Waals surface area contributed by atoms with Crippen molar-refractivity contribution < 1.29 is 17.9 Å². The molecule has 3 aromatic carbocycles. The van der Waals surface area contributed by atoms with Crippen LogP contribution in [0.4, 0.5) is 5.69 Å². The van der Waals surface area contributed by atoms with Gasteiger partial charge >= 0.3 is 0 Å². The van der Waals surface area contributed by atoms with Gasteiger partial charge in [-0.1, -0.05) is 48.5 Å². The Kier molecular flexibility index (Phi) is 6.64. The fourth-order valence-corrected chi connectivity index (χ4v) is 3.92. The molecule has 0 fully saturated rings. The van der Waals surface area contributed by atoms with Crippen molar-refractivity contribution in [2.75, 3.05) is 11.9 Å². The first-order valence-corrected chi connectivity index (χ1v) is 10.6. The molecule has 0 unspecified atom stereocenters. The topological polar surface area (TPSA) is 84.5 Å². The smallest absolute Gasteiger partial charge is 0.262 e. The minimum absolute atomic E-state index is 0.126. The Balaban J connectivity index is 1.57. The van der Waals surface area contributed by atoms with Crippen LogP contribution in [0.25, 0.3) is 0 Å². The van der Waals surface area contributed by atoms with Crippen molar-refractivity contribution >= 4 is 21.6 Å². The maximum atomic E-state index is 12.6. The van der Waals surface area contributed by atoms with Crippen molar-refractivity contribution in [1.29, 1.82) is 0 Å². The summed E-state index contributed by atoms with van der Waals surface area (Å²) in [5.41, 5.74) is 1.56. The second-order valence-electron chi connectivity index (χ2n) is 6.43. The molecule has 3 aromatic rings. The fraction of sp³-hybridized carbons (Fsp3) is 0.136. The summed E-state index contributed by atoms with van der Waals surface area (Å²) in [4.78, 5) is 12.1. The van der Waals surface area contributed by atoms with Crippen LogP contribution in [0.15, 0.2) is 89.8 Å². The van der Waals surface area contributed by atoms with Gasteiger partial charge in [-0.2, -0.15) is 0 Å². The van der Waals surface area contributed by atoms with Gasteiger partial charge in [0, 0.05) is 11.7 Å². The van der Waals surface area contributed by atoms with Crippen LogP contribution >= 0.6 is 0 Å². The lowest BCUT2D eigenvalue weighted by Gasteiger charge is -2.15. The summed E-state index contributed by atoms with van der Waals surface area (Å²) in [6.45, 7) is 1.61. The highest BCUT2D eigenvalue weighted by Gasteiger charge is 2.18. The largest absolute Gasteiger partial charge is 0.484 e. The summed E-state index contributed by atoms with van der Waals surface area (Å²) in [5, 5.41) is 2.72. The van der Waals surface area contributed by atoms with Gasteiger partial charge in [-0.05, 0) is 48.9 Å². The third-order valence-corrected chi connectivity index (χ3v) is 5.75. The number of para-hydroxylation sites is 1. The first kappa shape index (κ1) is 20.6. The standard InChI is InChI=1S/C22H22N2O4S/c1-17(18-8-4-2-5-9-18)24-29(26,27)21-14-12-20(13-15-21)28-16-22(25)23-19-10-6-3-7-11-19/h2-15,17,24H,16H2,1H3,(H,23,25)/t17-/m1/s1. The summed E-state index contributed by atoms with van der Waals surface area (Å²) in [6, 6.07) is 24.0. The molecule has 1 amide bonds. The summed E-state index contributed by atoms with van der Waals surface area (Å²) in [5.74, 6) is 0.106. The Bertz CT molecular complexity index is 1040. The van der Waals surface area contributed by atoms with E-state index >= 15 is 0 Å². The van der Waals surface area contributed by atoms with Crippen molar-refractivity contribution in [3.63, 3.8) is 0 Å². The quantitative estimate of drug-likeness (QED) is 0.592. The lowest BCUT2D eigenvalue weighted by atomic mass is 10.1. The number of benzene rings is 3. The van der Waals surface area contributed by atoms with Gasteiger partial charge < -0.3 is 10.1 Å². The molecule has 0 aliphatic heterocycles. The van der Waals surface area contributed by atoms with E-state index in [0.29, 0.717) is 11.4 Å². The van der Waals surface area contributed by atoms with Crippen LogP contribution in [0, 0.1) is 0 Å². The van der Waals surface area contributed by atoms with E-state index in [2.05, 4.69) is 10.0 Å². The monoisotopic (exact) mass is 410 g/mol. The van der Waals surface area contributed by atoms with Gasteiger partial charge in [0.25, 0.3) is 5.91 Å². The minimum Gasteiger partial charge on any atom is -0.484 e. The Hall–Kier alpha value is -3.16. The third kappa shape index (κ3) is 5.91. The van der Waals surface area contributed by atoms with E-state index in [9.17, 15) is 13.2 Å². The number of amides is 1. The molecule has 29 heavy (non-hydrogen) atoms. The van der Waals surface area contributed by atoms with E-state index in [4.69, 9.17) is 4.74 Å². The molecule has 7 heteroatoms. The molecule has 2 N–H and O–H groups in total. The molecule has 6 nitrogen and oxygen atoms in total. The second kappa shape index (κ2) is 9.36. The molecule has 0 aliphatic rings. The average Bonchev–Trinajstić information content (AvgIpc) is 2.73. The number of rotatable bonds is 8. The molecule has 0 radical (unpaired) electrons. The molecule has 0 aliphatic carbocycles. The van der Waals surface area contributed by atoms with Crippen LogP contribution in [0.3, 0.4) is 0 Å². The molecule has 0 heterocycles. The van der Waals surface area contributed by atoms with Crippen LogP contribution in [-0.4, -0.2) is 20.9 Å². The molecule has 0 saturated carbocycles. The van der Waals surface area contributed by atoms with E-state index in [-0.39, 0.29) is 23.5 Å². The van der Waals surface area contributed by atoms with Gasteiger partial charge in [-0.25, -0.2) is 13.1 Å². The third-order valence-electron chi connectivity index (χ3n) is 4.19. The van der Waals surface area contributed by atoms with Crippen molar-refractivity contribution in [2.45, 2.75) is 17.9 Å². The molecule has 0 bridgehead atoms. The van der Waals surface area contributed by atoms with E-state index in [0.717, 1.165) is 5.56 Å². The van der Waals surface area contributed by atoms with E-state index in [1.54, 1.807) is 19.1 Å². The van der Waals surface area contributed by atoms with Gasteiger partial charge in [0.15, 0.2) is 6.61 Å². The second-order valence-corrected chi connectivity index (χ2v) is 8.14. The van der Waals surface area contributed by atoms with Crippen LogP contribution in [0.5, 0.6) is 5.75 Å². The van der Waals surface area contributed by atoms with Crippen molar-refractivity contribution in [3.8, 4) is 5.75 Å². The molecule has 150 valence electrons. The Morgan fingerprint density at radius 1 is 0.897 bits per heavy atom. The van der Waals surface area contributed by atoms with Gasteiger partial charge in [0.05, 0.1) is 4.90 Å². The zero-order valence-corrected chi connectivity index (χ0v) is 16.7. The van der Waals surface area contributed by atoms with Crippen LogP contribution in [0.2, 0.25) is 0 Å². The zero-order valence-electron chi connectivity index (χ0n) is 15.9. The van der Waals surface area contributed by atoms with Gasteiger partial charge in [-0.15, -0.1) is 0 Å². The van der Waals surface area contributed by atoms with E-state index < -0.39 is 10.0 Å². The van der Waals surface area contributed by atoms with Crippen LogP contribution in [-0.2, 0) is 14.8 Å². The zero-order chi connectivity index (χ0) is 20.7. The van der Waals surface area contributed by atoms with E-state index in [1.807, 2.05) is 48.5 Å². The number of sulfonamides is 1. The average molecular weight is 410 g/mol. The van der Waals surface area contributed by atoms with Gasteiger partial charge in [0.2, 0.25) is 10.0 Å². The van der Waals surface area contributed by atoms with Gasteiger partial charge in [-0.3, -0.25) is 4.79 Å². The number of hydrogen-bond donors (Lipinski definition) is 2. The molecule has 3 rings (SSSR count). The van der Waals surface area contributed by atoms with Crippen molar-refractivity contribution in [2.24, 2.45) is 0 Å². The number of anilines is 1. The Morgan fingerprint density at radius 3 is 2.10 bits per heavy atom. The maximum Gasteiger partial charge on any atom is 0.262 e.